The molecule has 3 N–H and O–H groups in total. The quantitative estimate of drug-likeness (QED) is 0.657. The molecule has 21 heavy (non-hydrogen) atoms. The lowest BCUT2D eigenvalue weighted by Crippen LogP contribution is -2.41. The number of nitrogens with one attached hydrogen (secondary N) is 1. The molecule has 9 heteroatoms. The van der Waals surface area contributed by atoms with Crippen LogP contribution in [0, 0.1) is 6.92 Å². The molecule has 116 valence electrons. The van der Waals surface area contributed by atoms with Gasteiger partial charge in [-0.2, -0.15) is 4.72 Å². The molecule has 0 bridgehead atoms. The van der Waals surface area contributed by atoms with Crippen molar-refractivity contribution in [1.82, 2.24) is 4.72 Å². The van der Waals surface area contributed by atoms with Crippen LogP contribution in [0.3, 0.4) is 0 Å². The number of hydrogen-bond acceptors (Lipinski definition) is 4. The molecular formula is C12H14BrNO6S. The normalized spacial score (nSPS) is 12.9. The first-order valence-electron chi connectivity index (χ1n) is 5.86. The predicted molar refractivity (Wildman–Crippen MR) is 77.5 cm³/mol. The number of rotatable bonds is 7. The highest BCUT2D eigenvalue weighted by atomic mass is 79.9. The summed E-state index contributed by atoms with van der Waals surface area (Å²) in [7, 11) is -4.04. The van der Waals surface area contributed by atoms with Crippen LogP contribution in [0.1, 0.15) is 18.4 Å². The zero-order valence-electron chi connectivity index (χ0n) is 11.0. The van der Waals surface area contributed by atoms with Crippen LogP contribution in [0.15, 0.2) is 27.6 Å². The van der Waals surface area contributed by atoms with Crippen molar-refractivity contribution < 1.29 is 28.2 Å². The van der Waals surface area contributed by atoms with Crippen molar-refractivity contribution in [3.8, 4) is 0 Å². The van der Waals surface area contributed by atoms with Gasteiger partial charge in [-0.3, -0.25) is 9.59 Å². The van der Waals surface area contributed by atoms with Crippen LogP contribution >= 0.6 is 15.9 Å². The highest BCUT2D eigenvalue weighted by Crippen LogP contribution is 2.20. The van der Waals surface area contributed by atoms with Gasteiger partial charge in [0.05, 0.1) is 4.90 Å². The number of aryl methyl sites for hydroxylation is 1. The Morgan fingerprint density at radius 2 is 1.95 bits per heavy atom. The largest absolute Gasteiger partial charge is 0.481 e. The fourth-order valence-corrected chi connectivity index (χ4v) is 3.10. The van der Waals surface area contributed by atoms with Crippen LogP contribution in [-0.4, -0.2) is 36.6 Å². The van der Waals surface area contributed by atoms with E-state index in [1.165, 1.54) is 18.2 Å². The molecule has 0 saturated carbocycles. The van der Waals surface area contributed by atoms with Gasteiger partial charge in [-0.1, -0.05) is 15.9 Å². The van der Waals surface area contributed by atoms with Crippen LogP contribution in [0.4, 0.5) is 0 Å². The van der Waals surface area contributed by atoms with Gasteiger partial charge in [0.15, 0.2) is 0 Å². The smallest absolute Gasteiger partial charge is 0.321 e. The molecule has 0 amide bonds. The summed E-state index contributed by atoms with van der Waals surface area (Å²) in [4.78, 5) is 21.4. The summed E-state index contributed by atoms with van der Waals surface area (Å²) in [5, 5.41) is 17.5. The predicted octanol–water partition coefficient (Wildman–Crippen LogP) is 1.35. The van der Waals surface area contributed by atoms with Gasteiger partial charge in [0, 0.05) is 10.9 Å². The van der Waals surface area contributed by atoms with Gasteiger partial charge in [0.1, 0.15) is 6.04 Å². The fraction of sp³-hybridized carbons (Fsp3) is 0.333. The average Bonchev–Trinajstić information content (AvgIpc) is 2.37. The maximum atomic E-state index is 12.1. The molecule has 0 spiro atoms. The van der Waals surface area contributed by atoms with E-state index < -0.39 is 34.4 Å². The Balaban J connectivity index is 2.97. The molecule has 0 aliphatic carbocycles. The van der Waals surface area contributed by atoms with Gasteiger partial charge < -0.3 is 10.2 Å². The highest BCUT2D eigenvalue weighted by Gasteiger charge is 2.26. The van der Waals surface area contributed by atoms with Crippen LogP contribution in [-0.2, 0) is 19.6 Å². The number of benzene rings is 1. The standard InChI is InChI=1S/C12H14BrNO6S/c1-7-6-8(2-3-9(7)13)21(19,20)14-10(12(17)18)4-5-11(15)16/h2-3,6,10,14H,4-5H2,1H3,(H,15,16)(H,17,18)/t10-/m0/s1. The first kappa shape index (κ1) is 17.6. The molecule has 0 radical (unpaired) electrons. The van der Waals surface area contributed by atoms with Crippen molar-refractivity contribution in [3.63, 3.8) is 0 Å². The summed E-state index contributed by atoms with van der Waals surface area (Å²) >= 11 is 3.24. The zero-order valence-corrected chi connectivity index (χ0v) is 13.4. The Bertz CT molecular complexity index is 658. The van der Waals surface area contributed by atoms with Crippen molar-refractivity contribution >= 4 is 37.9 Å². The molecule has 0 aromatic heterocycles. The number of aliphatic carboxylic acids is 2. The summed E-state index contributed by atoms with van der Waals surface area (Å²) in [5.41, 5.74) is 0.676. The molecule has 1 atom stereocenters. The van der Waals surface area contributed by atoms with Crippen LogP contribution in [0.2, 0.25) is 0 Å². The SMILES string of the molecule is Cc1cc(S(=O)(=O)N[C@@H](CCC(=O)O)C(=O)O)ccc1Br. The lowest BCUT2D eigenvalue weighted by molar-refractivity contribution is -0.140. The average molecular weight is 380 g/mol. The number of carbonyl (C=O) groups is 2. The zero-order chi connectivity index (χ0) is 16.2. The summed E-state index contributed by atoms with van der Waals surface area (Å²) in [5.74, 6) is -2.62. The van der Waals surface area contributed by atoms with Crippen molar-refractivity contribution in [1.29, 1.82) is 0 Å². The van der Waals surface area contributed by atoms with E-state index in [-0.39, 0.29) is 11.3 Å². The Labute approximate surface area is 130 Å². The minimum Gasteiger partial charge on any atom is -0.481 e. The van der Waals surface area contributed by atoms with Gasteiger partial charge in [-0.05, 0) is 37.1 Å². The maximum Gasteiger partial charge on any atom is 0.321 e. The molecule has 0 saturated heterocycles. The van der Waals surface area contributed by atoms with E-state index in [4.69, 9.17) is 10.2 Å². The van der Waals surface area contributed by atoms with E-state index in [1.807, 2.05) is 4.72 Å². The summed E-state index contributed by atoms with van der Waals surface area (Å²) in [6, 6.07) is 2.77. The van der Waals surface area contributed by atoms with Gasteiger partial charge in [-0.25, -0.2) is 8.42 Å². The van der Waals surface area contributed by atoms with E-state index in [1.54, 1.807) is 6.92 Å². The first-order chi connectivity index (χ1) is 9.63. The number of carboxylic acid groups (broad SMARTS) is 2. The molecule has 0 fully saturated rings. The molecule has 1 rings (SSSR count). The third-order valence-electron chi connectivity index (χ3n) is 2.68. The third kappa shape index (κ3) is 5.10. The van der Waals surface area contributed by atoms with E-state index >= 15 is 0 Å². The third-order valence-corrected chi connectivity index (χ3v) is 5.04. The van der Waals surface area contributed by atoms with Gasteiger partial charge in [0.2, 0.25) is 10.0 Å². The molecule has 7 nitrogen and oxygen atoms in total. The van der Waals surface area contributed by atoms with Crippen LogP contribution in [0.5, 0.6) is 0 Å². The second-order valence-corrected chi connectivity index (χ2v) is 6.92. The lowest BCUT2D eigenvalue weighted by atomic mass is 10.2. The Kier molecular flexibility index (Phi) is 5.87. The monoisotopic (exact) mass is 379 g/mol. The number of halogens is 1. The van der Waals surface area contributed by atoms with E-state index in [0.29, 0.717) is 5.56 Å². The summed E-state index contributed by atoms with van der Waals surface area (Å²) in [6.07, 6.45) is -0.780. The fourth-order valence-electron chi connectivity index (χ4n) is 1.54. The Hall–Kier alpha value is -1.45. The molecule has 0 unspecified atom stereocenters. The van der Waals surface area contributed by atoms with Gasteiger partial charge in [0.25, 0.3) is 0 Å². The number of sulfonamides is 1. The second-order valence-electron chi connectivity index (χ2n) is 4.36. The number of carboxylic acids is 2. The van der Waals surface area contributed by atoms with E-state index in [2.05, 4.69) is 15.9 Å². The minimum atomic E-state index is -4.04. The van der Waals surface area contributed by atoms with Crippen LogP contribution < -0.4 is 4.72 Å². The lowest BCUT2D eigenvalue weighted by Gasteiger charge is -2.14. The van der Waals surface area contributed by atoms with E-state index in [9.17, 15) is 18.0 Å². The topological polar surface area (TPSA) is 121 Å². The first-order valence-corrected chi connectivity index (χ1v) is 8.14. The molecule has 1 aromatic rings. The minimum absolute atomic E-state index is 0.0789. The summed E-state index contributed by atoms with van der Waals surface area (Å²) < 4.78 is 27.0. The maximum absolute atomic E-state index is 12.1. The van der Waals surface area contributed by atoms with Gasteiger partial charge in [-0.15, -0.1) is 0 Å². The van der Waals surface area contributed by atoms with Crippen molar-refractivity contribution in [2.45, 2.75) is 30.7 Å². The van der Waals surface area contributed by atoms with Gasteiger partial charge >= 0.3 is 11.9 Å². The second kappa shape index (κ2) is 7.01. The van der Waals surface area contributed by atoms with Crippen molar-refractivity contribution in [2.24, 2.45) is 0 Å². The Morgan fingerprint density at radius 3 is 2.43 bits per heavy atom. The molecular weight excluding hydrogens is 366 g/mol. The summed E-state index contributed by atoms with van der Waals surface area (Å²) in [6.45, 7) is 1.70. The molecule has 0 heterocycles. The highest BCUT2D eigenvalue weighted by molar-refractivity contribution is 9.10. The van der Waals surface area contributed by atoms with Crippen LogP contribution in [0.25, 0.3) is 0 Å². The molecule has 0 aliphatic rings. The van der Waals surface area contributed by atoms with Crippen molar-refractivity contribution in [3.05, 3.63) is 28.2 Å². The number of hydrogen-bond donors (Lipinski definition) is 3. The Morgan fingerprint density at radius 1 is 1.33 bits per heavy atom. The molecule has 1 aromatic carbocycles. The van der Waals surface area contributed by atoms with E-state index in [0.717, 1.165) is 4.47 Å². The molecule has 0 aliphatic heterocycles. The van der Waals surface area contributed by atoms with Crippen molar-refractivity contribution in [2.75, 3.05) is 0 Å².